The molecule has 0 saturated heterocycles. The molecular weight excluding hydrogens is 266 g/mol. The Labute approximate surface area is 122 Å². The predicted molar refractivity (Wildman–Crippen MR) is 82.8 cm³/mol. The number of H-pyrrole nitrogens is 2. The fourth-order valence-corrected chi connectivity index (χ4v) is 2.64. The molecule has 0 fully saturated rings. The van der Waals surface area contributed by atoms with Gasteiger partial charge in [-0.25, -0.2) is 4.79 Å². The number of nitrogens with one attached hydrogen (secondary N) is 3. The normalized spacial score (nSPS) is 12.5. The van der Waals surface area contributed by atoms with Crippen LogP contribution in [0.25, 0.3) is 11.0 Å². The minimum absolute atomic E-state index is 0.0102. The highest BCUT2D eigenvalue weighted by Crippen LogP contribution is 2.30. The van der Waals surface area contributed by atoms with E-state index in [1.54, 1.807) is 7.11 Å². The van der Waals surface area contributed by atoms with Crippen LogP contribution in [0.1, 0.15) is 17.2 Å². The molecule has 2 aromatic carbocycles. The van der Waals surface area contributed by atoms with E-state index in [2.05, 4.69) is 15.3 Å². The van der Waals surface area contributed by atoms with E-state index in [1.807, 2.05) is 49.5 Å². The average Bonchev–Trinajstić information content (AvgIpc) is 2.88. The van der Waals surface area contributed by atoms with Crippen LogP contribution >= 0.6 is 0 Å². The fraction of sp³-hybridized carbons (Fsp3) is 0.188. The van der Waals surface area contributed by atoms with Crippen molar-refractivity contribution in [3.8, 4) is 5.75 Å². The van der Waals surface area contributed by atoms with Crippen LogP contribution in [-0.2, 0) is 0 Å². The van der Waals surface area contributed by atoms with Gasteiger partial charge in [-0.3, -0.25) is 0 Å². The topological polar surface area (TPSA) is 69.9 Å². The number of methoxy groups -OCH3 is 1. The number of aromatic amines is 2. The Hall–Kier alpha value is -2.53. The molecule has 1 unspecified atom stereocenters. The second-order valence-corrected chi connectivity index (χ2v) is 4.85. The van der Waals surface area contributed by atoms with Gasteiger partial charge in [0.2, 0.25) is 0 Å². The van der Waals surface area contributed by atoms with Gasteiger partial charge in [-0.1, -0.05) is 24.3 Å². The van der Waals surface area contributed by atoms with Crippen LogP contribution in [0, 0.1) is 0 Å². The van der Waals surface area contributed by atoms with Crippen molar-refractivity contribution in [2.24, 2.45) is 0 Å². The molecule has 0 saturated carbocycles. The molecule has 0 aliphatic rings. The SMILES string of the molecule is CNC(c1ccc2[nH]c(=O)[nH]c2c1)c1ccccc1OC. The van der Waals surface area contributed by atoms with Crippen LogP contribution in [0.2, 0.25) is 0 Å². The van der Waals surface area contributed by atoms with Gasteiger partial charge in [-0.05, 0) is 30.8 Å². The third kappa shape index (κ3) is 2.43. The zero-order valence-corrected chi connectivity index (χ0v) is 11.9. The summed E-state index contributed by atoms with van der Waals surface area (Å²) in [5.74, 6) is 0.833. The van der Waals surface area contributed by atoms with Crippen LogP contribution in [0.3, 0.4) is 0 Å². The van der Waals surface area contributed by atoms with E-state index >= 15 is 0 Å². The monoisotopic (exact) mass is 283 g/mol. The van der Waals surface area contributed by atoms with Gasteiger partial charge in [-0.2, -0.15) is 0 Å². The van der Waals surface area contributed by atoms with E-state index in [4.69, 9.17) is 4.74 Å². The summed E-state index contributed by atoms with van der Waals surface area (Å²) in [7, 11) is 3.57. The van der Waals surface area contributed by atoms with E-state index in [-0.39, 0.29) is 11.7 Å². The molecule has 108 valence electrons. The predicted octanol–water partition coefficient (Wildman–Crippen LogP) is 2.17. The van der Waals surface area contributed by atoms with Crippen LogP contribution < -0.4 is 15.7 Å². The minimum Gasteiger partial charge on any atom is -0.496 e. The number of hydrogen-bond donors (Lipinski definition) is 3. The maximum absolute atomic E-state index is 11.4. The second kappa shape index (κ2) is 5.46. The first-order chi connectivity index (χ1) is 10.2. The molecule has 5 nitrogen and oxygen atoms in total. The molecule has 0 bridgehead atoms. The molecule has 1 atom stereocenters. The number of ether oxygens (including phenoxy) is 1. The van der Waals surface area contributed by atoms with Gasteiger partial charge in [0.25, 0.3) is 0 Å². The molecule has 3 aromatic rings. The third-order valence-corrected chi connectivity index (χ3v) is 3.61. The summed E-state index contributed by atoms with van der Waals surface area (Å²) in [6, 6.07) is 13.8. The van der Waals surface area contributed by atoms with Gasteiger partial charge >= 0.3 is 5.69 Å². The van der Waals surface area contributed by atoms with E-state index in [0.29, 0.717) is 0 Å². The Morgan fingerprint density at radius 2 is 1.86 bits per heavy atom. The van der Waals surface area contributed by atoms with Gasteiger partial charge in [0.05, 0.1) is 24.2 Å². The van der Waals surface area contributed by atoms with Gasteiger partial charge in [0.1, 0.15) is 5.75 Å². The average molecular weight is 283 g/mol. The lowest BCUT2D eigenvalue weighted by Crippen LogP contribution is -2.18. The lowest BCUT2D eigenvalue weighted by Gasteiger charge is -2.19. The molecule has 0 spiro atoms. The Morgan fingerprint density at radius 1 is 1.10 bits per heavy atom. The first-order valence-electron chi connectivity index (χ1n) is 6.75. The zero-order chi connectivity index (χ0) is 14.8. The van der Waals surface area contributed by atoms with E-state index in [0.717, 1.165) is 27.9 Å². The zero-order valence-electron chi connectivity index (χ0n) is 11.9. The molecule has 1 aromatic heterocycles. The smallest absolute Gasteiger partial charge is 0.323 e. The molecule has 0 aliphatic heterocycles. The number of aromatic nitrogens is 2. The quantitative estimate of drug-likeness (QED) is 0.687. The van der Waals surface area contributed by atoms with E-state index < -0.39 is 0 Å². The van der Waals surface area contributed by atoms with Crippen molar-refractivity contribution < 1.29 is 4.74 Å². The standard InChI is InChI=1S/C16H17N3O2/c1-17-15(11-5-3-4-6-14(11)21-2)10-7-8-12-13(9-10)19-16(20)18-12/h3-9,15,17H,1-2H3,(H2,18,19,20). The molecule has 21 heavy (non-hydrogen) atoms. The van der Waals surface area contributed by atoms with Gasteiger partial charge in [-0.15, -0.1) is 0 Å². The van der Waals surface area contributed by atoms with E-state index in [1.165, 1.54) is 0 Å². The highest BCUT2D eigenvalue weighted by molar-refractivity contribution is 5.75. The highest BCUT2D eigenvalue weighted by Gasteiger charge is 2.16. The van der Waals surface area contributed by atoms with Crippen molar-refractivity contribution >= 4 is 11.0 Å². The largest absolute Gasteiger partial charge is 0.496 e. The summed E-state index contributed by atoms with van der Waals surface area (Å²) in [5, 5.41) is 3.30. The van der Waals surface area contributed by atoms with E-state index in [9.17, 15) is 4.79 Å². The van der Waals surface area contributed by atoms with Crippen LogP contribution in [0.5, 0.6) is 5.75 Å². The number of rotatable bonds is 4. The first kappa shape index (κ1) is 13.5. The van der Waals surface area contributed by atoms with Crippen molar-refractivity contribution in [2.45, 2.75) is 6.04 Å². The third-order valence-electron chi connectivity index (χ3n) is 3.61. The second-order valence-electron chi connectivity index (χ2n) is 4.85. The highest BCUT2D eigenvalue weighted by atomic mass is 16.5. The van der Waals surface area contributed by atoms with Crippen molar-refractivity contribution in [2.75, 3.05) is 14.2 Å². The van der Waals surface area contributed by atoms with Gasteiger partial charge < -0.3 is 20.0 Å². The Kier molecular flexibility index (Phi) is 3.50. The molecule has 0 aliphatic carbocycles. The molecule has 0 amide bonds. The van der Waals surface area contributed by atoms with Crippen LogP contribution in [0.4, 0.5) is 0 Å². The number of benzene rings is 2. The first-order valence-corrected chi connectivity index (χ1v) is 6.75. The Morgan fingerprint density at radius 3 is 2.62 bits per heavy atom. The van der Waals surface area contributed by atoms with Crippen molar-refractivity contribution in [3.63, 3.8) is 0 Å². The van der Waals surface area contributed by atoms with Crippen molar-refractivity contribution in [1.82, 2.24) is 15.3 Å². The number of para-hydroxylation sites is 1. The molecule has 0 radical (unpaired) electrons. The summed E-state index contributed by atoms with van der Waals surface area (Å²) < 4.78 is 5.44. The summed E-state index contributed by atoms with van der Waals surface area (Å²) >= 11 is 0. The molecular formula is C16H17N3O2. The van der Waals surface area contributed by atoms with Crippen molar-refractivity contribution in [3.05, 3.63) is 64.1 Å². The minimum atomic E-state index is -0.194. The molecule has 5 heteroatoms. The van der Waals surface area contributed by atoms with Gasteiger partial charge in [0.15, 0.2) is 0 Å². The summed E-state index contributed by atoms with van der Waals surface area (Å²) in [5.41, 5.74) is 3.52. The Balaban J connectivity index is 2.10. The fourth-order valence-electron chi connectivity index (χ4n) is 2.64. The van der Waals surface area contributed by atoms with Crippen molar-refractivity contribution in [1.29, 1.82) is 0 Å². The maximum Gasteiger partial charge on any atom is 0.323 e. The number of fused-ring (bicyclic) bond motifs is 1. The van der Waals surface area contributed by atoms with Crippen LogP contribution in [-0.4, -0.2) is 24.1 Å². The number of imidazole rings is 1. The molecule has 1 heterocycles. The molecule has 3 N–H and O–H groups in total. The van der Waals surface area contributed by atoms with Crippen LogP contribution in [0.15, 0.2) is 47.3 Å². The summed E-state index contributed by atoms with van der Waals surface area (Å²) in [6.07, 6.45) is 0. The van der Waals surface area contributed by atoms with Gasteiger partial charge in [0, 0.05) is 5.56 Å². The maximum atomic E-state index is 11.4. The Bertz CT molecular complexity index is 820. The lowest BCUT2D eigenvalue weighted by atomic mass is 9.97. The molecule has 3 rings (SSSR count). The summed E-state index contributed by atoms with van der Waals surface area (Å²) in [6.45, 7) is 0. The summed E-state index contributed by atoms with van der Waals surface area (Å²) in [4.78, 5) is 16.9. The number of hydrogen-bond acceptors (Lipinski definition) is 3. The lowest BCUT2D eigenvalue weighted by molar-refractivity contribution is 0.405.